The van der Waals surface area contributed by atoms with Crippen LogP contribution >= 0.6 is 0 Å². The molecule has 1 aromatic rings. The van der Waals surface area contributed by atoms with E-state index in [0.29, 0.717) is 22.6 Å². The smallest absolute Gasteiger partial charge is 0.143 e. The van der Waals surface area contributed by atoms with Gasteiger partial charge in [-0.2, -0.15) is 0 Å². The SMILES string of the molecule is COc1cc(NC2C3(C)CCC(C3)C2(C)C)ccc1N. The van der Waals surface area contributed by atoms with Crippen LogP contribution in [0.15, 0.2) is 18.2 Å². The van der Waals surface area contributed by atoms with E-state index in [2.05, 4.69) is 32.2 Å². The maximum atomic E-state index is 5.90. The number of anilines is 2. The van der Waals surface area contributed by atoms with Crippen molar-refractivity contribution in [1.82, 2.24) is 0 Å². The van der Waals surface area contributed by atoms with Crippen molar-refractivity contribution in [3.8, 4) is 5.75 Å². The summed E-state index contributed by atoms with van der Waals surface area (Å²) in [5.74, 6) is 1.60. The second-order valence-electron chi connectivity index (χ2n) is 7.45. The third-order valence-corrected chi connectivity index (χ3v) is 5.81. The van der Waals surface area contributed by atoms with Crippen LogP contribution in [0.2, 0.25) is 0 Å². The summed E-state index contributed by atoms with van der Waals surface area (Å²) in [6.45, 7) is 7.26. The first kappa shape index (κ1) is 13.6. The zero-order valence-electron chi connectivity index (χ0n) is 13.0. The van der Waals surface area contributed by atoms with Crippen molar-refractivity contribution in [2.24, 2.45) is 16.7 Å². The number of nitrogens with two attached hydrogens (primary N) is 1. The second kappa shape index (κ2) is 4.31. The van der Waals surface area contributed by atoms with Gasteiger partial charge in [-0.05, 0) is 48.1 Å². The van der Waals surface area contributed by atoms with E-state index in [1.165, 1.54) is 19.3 Å². The van der Waals surface area contributed by atoms with Gasteiger partial charge in [0.15, 0.2) is 0 Å². The summed E-state index contributed by atoms with van der Waals surface area (Å²) >= 11 is 0. The average molecular weight is 274 g/mol. The van der Waals surface area contributed by atoms with Gasteiger partial charge in [-0.1, -0.05) is 20.8 Å². The number of hydrogen-bond acceptors (Lipinski definition) is 3. The zero-order valence-corrected chi connectivity index (χ0v) is 13.0. The third-order valence-electron chi connectivity index (χ3n) is 5.81. The van der Waals surface area contributed by atoms with Gasteiger partial charge in [0.05, 0.1) is 12.8 Å². The van der Waals surface area contributed by atoms with Crippen molar-refractivity contribution in [2.45, 2.75) is 46.1 Å². The number of nitrogens with one attached hydrogen (secondary N) is 1. The van der Waals surface area contributed by atoms with Gasteiger partial charge >= 0.3 is 0 Å². The fourth-order valence-electron chi connectivity index (χ4n) is 4.63. The zero-order chi connectivity index (χ0) is 14.5. The normalized spacial score (nSPS) is 34.2. The van der Waals surface area contributed by atoms with Crippen molar-refractivity contribution in [1.29, 1.82) is 0 Å². The number of methoxy groups -OCH3 is 1. The Kier molecular flexibility index (Phi) is 2.93. The Hall–Kier alpha value is -1.38. The summed E-state index contributed by atoms with van der Waals surface area (Å²) in [6.07, 6.45) is 4.07. The number of benzene rings is 1. The van der Waals surface area contributed by atoms with E-state index in [4.69, 9.17) is 10.5 Å². The highest BCUT2D eigenvalue weighted by Crippen LogP contribution is 2.63. The van der Waals surface area contributed by atoms with Crippen LogP contribution in [-0.4, -0.2) is 13.2 Å². The molecule has 3 unspecified atom stereocenters. The van der Waals surface area contributed by atoms with Crippen molar-refractivity contribution in [3.63, 3.8) is 0 Å². The molecule has 0 saturated heterocycles. The molecule has 0 spiro atoms. The Labute approximate surface area is 121 Å². The van der Waals surface area contributed by atoms with Crippen LogP contribution in [0, 0.1) is 16.7 Å². The minimum absolute atomic E-state index is 0.349. The van der Waals surface area contributed by atoms with Gasteiger partial charge in [-0.15, -0.1) is 0 Å². The van der Waals surface area contributed by atoms with E-state index < -0.39 is 0 Å². The summed E-state index contributed by atoms with van der Waals surface area (Å²) in [5, 5.41) is 3.77. The highest BCUT2D eigenvalue weighted by molar-refractivity contribution is 5.62. The van der Waals surface area contributed by atoms with Crippen LogP contribution in [0.5, 0.6) is 5.75 Å². The predicted octanol–water partition coefficient (Wildman–Crippen LogP) is 3.90. The van der Waals surface area contributed by atoms with Crippen molar-refractivity contribution < 1.29 is 4.74 Å². The van der Waals surface area contributed by atoms with E-state index in [0.717, 1.165) is 17.4 Å². The lowest BCUT2D eigenvalue weighted by atomic mass is 9.68. The molecule has 0 amide bonds. The van der Waals surface area contributed by atoms with Gasteiger partial charge < -0.3 is 15.8 Å². The molecular formula is C17H26N2O. The van der Waals surface area contributed by atoms with Gasteiger partial charge in [-0.25, -0.2) is 0 Å². The molecule has 3 atom stereocenters. The molecule has 0 heterocycles. The molecule has 0 aliphatic heterocycles. The Morgan fingerprint density at radius 1 is 1.30 bits per heavy atom. The second-order valence-corrected chi connectivity index (χ2v) is 7.45. The van der Waals surface area contributed by atoms with Crippen molar-refractivity contribution in [3.05, 3.63) is 18.2 Å². The number of nitrogen functional groups attached to an aromatic ring is 1. The number of hydrogen-bond donors (Lipinski definition) is 2. The third kappa shape index (κ3) is 1.87. The Bertz CT molecular complexity index is 521. The molecule has 2 fully saturated rings. The van der Waals surface area contributed by atoms with E-state index >= 15 is 0 Å². The van der Waals surface area contributed by atoms with Crippen LogP contribution in [0.25, 0.3) is 0 Å². The van der Waals surface area contributed by atoms with Crippen LogP contribution in [0.3, 0.4) is 0 Å². The van der Waals surface area contributed by atoms with E-state index in [1.54, 1.807) is 7.11 Å². The lowest BCUT2D eigenvalue weighted by Crippen LogP contribution is -2.45. The van der Waals surface area contributed by atoms with Crippen molar-refractivity contribution >= 4 is 11.4 Å². The minimum Gasteiger partial charge on any atom is -0.495 e. The maximum Gasteiger partial charge on any atom is 0.143 e. The molecule has 0 radical (unpaired) electrons. The molecule has 110 valence electrons. The number of rotatable bonds is 3. The predicted molar refractivity (Wildman–Crippen MR) is 84.0 cm³/mol. The largest absolute Gasteiger partial charge is 0.495 e. The van der Waals surface area contributed by atoms with Gasteiger partial charge in [0.1, 0.15) is 5.75 Å². The lowest BCUT2D eigenvalue weighted by molar-refractivity contribution is 0.155. The van der Waals surface area contributed by atoms with Gasteiger partial charge in [0.25, 0.3) is 0 Å². The van der Waals surface area contributed by atoms with Crippen LogP contribution in [-0.2, 0) is 0 Å². The van der Waals surface area contributed by atoms with Gasteiger partial charge in [0.2, 0.25) is 0 Å². The fraction of sp³-hybridized carbons (Fsp3) is 0.647. The summed E-state index contributed by atoms with van der Waals surface area (Å²) in [5.41, 5.74) is 8.47. The summed E-state index contributed by atoms with van der Waals surface area (Å²) in [6, 6.07) is 6.51. The van der Waals surface area contributed by atoms with Gasteiger partial charge in [0, 0.05) is 17.8 Å². The highest BCUT2D eigenvalue weighted by atomic mass is 16.5. The maximum absolute atomic E-state index is 5.90. The molecule has 20 heavy (non-hydrogen) atoms. The average Bonchev–Trinajstić information content (AvgIpc) is 2.87. The Morgan fingerprint density at radius 2 is 2.05 bits per heavy atom. The molecule has 2 aliphatic rings. The molecule has 3 heteroatoms. The first-order valence-electron chi connectivity index (χ1n) is 7.57. The lowest BCUT2D eigenvalue weighted by Gasteiger charge is -2.43. The van der Waals surface area contributed by atoms with Crippen LogP contribution in [0.1, 0.15) is 40.0 Å². The number of ether oxygens (including phenoxy) is 1. The van der Waals surface area contributed by atoms with E-state index in [1.807, 2.05) is 12.1 Å². The molecule has 2 aliphatic carbocycles. The molecule has 3 nitrogen and oxygen atoms in total. The van der Waals surface area contributed by atoms with Gasteiger partial charge in [-0.3, -0.25) is 0 Å². The standard InChI is InChI=1S/C17H26N2O/c1-16(2)11-7-8-17(3,10-11)15(16)19-12-5-6-13(18)14(9-12)20-4/h5-6,9,11,15,19H,7-8,10,18H2,1-4H3. The van der Waals surface area contributed by atoms with Crippen molar-refractivity contribution in [2.75, 3.05) is 18.2 Å². The first-order chi connectivity index (χ1) is 9.37. The number of fused-ring (bicyclic) bond motifs is 2. The summed E-state index contributed by atoms with van der Waals surface area (Å²) in [7, 11) is 1.66. The Balaban J connectivity index is 1.87. The minimum atomic E-state index is 0.349. The fourth-order valence-corrected chi connectivity index (χ4v) is 4.63. The first-order valence-corrected chi connectivity index (χ1v) is 7.57. The van der Waals surface area contributed by atoms with Crippen LogP contribution < -0.4 is 15.8 Å². The highest BCUT2D eigenvalue weighted by Gasteiger charge is 2.59. The van der Waals surface area contributed by atoms with Crippen LogP contribution in [0.4, 0.5) is 11.4 Å². The molecule has 3 N–H and O–H groups in total. The monoisotopic (exact) mass is 274 g/mol. The molecule has 3 rings (SSSR count). The molecule has 1 aromatic carbocycles. The van der Waals surface area contributed by atoms with E-state index in [9.17, 15) is 0 Å². The topological polar surface area (TPSA) is 47.3 Å². The molecule has 2 bridgehead atoms. The molecule has 2 saturated carbocycles. The molecule has 0 aromatic heterocycles. The quantitative estimate of drug-likeness (QED) is 0.822. The van der Waals surface area contributed by atoms with E-state index in [-0.39, 0.29) is 0 Å². The summed E-state index contributed by atoms with van der Waals surface area (Å²) in [4.78, 5) is 0. The Morgan fingerprint density at radius 3 is 2.65 bits per heavy atom. The summed E-state index contributed by atoms with van der Waals surface area (Å²) < 4.78 is 5.32. The molecular weight excluding hydrogens is 248 g/mol.